The van der Waals surface area contributed by atoms with Gasteiger partial charge < -0.3 is 14.1 Å². The highest BCUT2D eigenvalue weighted by molar-refractivity contribution is 5.96. The van der Waals surface area contributed by atoms with Crippen LogP contribution in [0.2, 0.25) is 0 Å². The normalized spacial score (nSPS) is 14.5. The molecule has 0 spiro atoms. The van der Waals surface area contributed by atoms with Gasteiger partial charge in [0.05, 0.1) is 13.2 Å². The van der Waals surface area contributed by atoms with Crippen LogP contribution in [0.1, 0.15) is 27.5 Å². The number of piperazine rings is 1. The molecule has 0 saturated carbocycles. The molecular formula is C28H26N2O4. The molecule has 5 rings (SSSR count). The van der Waals surface area contributed by atoms with Gasteiger partial charge in [0.15, 0.2) is 0 Å². The van der Waals surface area contributed by atoms with Crippen molar-refractivity contribution in [1.29, 1.82) is 0 Å². The van der Waals surface area contributed by atoms with E-state index in [4.69, 9.17) is 9.15 Å². The van der Waals surface area contributed by atoms with Crippen molar-refractivity contribution in [2.75, 3.05) is 33.3 Å². The Morgan fingerprint density at radius 2 is 1.47 bits per heavy atom. The lowest BCUT2D eigenvalue weighted by Gasteiger charge is -2.39. The Morgan fingerprint density at radius 1 is 0.853 bits per heavy atom. The largest absolute Gasteiger partial charge is 0.497 e. The molecule has 0 radical (unpaired) electrons. The topological polar surface area (TPSA) is 63.0 Å². The first-order chi connectivity index (χ1) is 16.6. The summed E-state index contributed by atoms with van der Waals surface area (Å²) >= 11 is 0. The van der Waals surface area contributed by atoms with Crippen molar-refractivity contribution in [2.24, 2.45) is 0 Å². The minimum Gasteiger partial charge on any atom is -0.497 e. The van der Waals surface area contributed by atoms with Gasteiger partial charge in [-0.3, -0.25) is 9.69 Å². The number of hydrogen-bond acceptors (Lipinski definition) is 5. The summed E-state index contributed by atoms with van der Waals surface area (Å²) < 4.78 is 10.6. The fourth-order valence-corrected chi connectivity index (χ4v) is 4.61. The summed E-state index contributed by atoms with van der Waals surface area (Å²) in [4.78, 5) is 30.0. The molecule has 0 unspecified atom stereocenters. The number of hydrogen-bond donors (Lipinski definition) is 0. The van der Waals surface area contributed by atoms with Crippen LogP contribution in [0.15, 0.2) is 94.1 Å². The molecule has 2 heterocycles. The molecule has 1 aliphatic rings. The molecule has 0 N–H and O–H groups in total. The lowest BCUT2D eigenvalue weighted by molar-refractivity contribution is 0.0593. The van der Waals surface area contributed by atoms with Gasteiger partial charge in [-0.1, -0.05) is 60.7 Å². The molecule has 3 aromatic carbocycles. The van der Waals surface area contributed by atoms with Crippen molar-refractivity contribution in [3.63, 3.8) is 0 Å². The summed E-state index contributed by atoms with van der Waals surface area (Å²) in [5.74, 6) is 0.305. The number of ether oxygens (including phenoxy) is 1. The van der Waals surface area contributed by atoms with Crippen LogP contribution in [-0.4, -0.2) is 49.0 Å². The third kappa shape index (κ3) is 4.32. The Labute approximate surface area is 198 Å². The summed E-state index contributed by atoms with van der Waals surface area (Å²) in [7, 11) is 1.55. The number of amides is 1. The van der Waals surface area contributed by atoms with Crippen LogP contribution in [0.5, 0.6) is 5.75 Å². The number of methoxy groups -OCH3 is 1. The number of carbonyl (C=O) groups excluding carboxylic acids is 1. The second kappa shape index (κ2) is 9.53. The molecule has 0 atom stereocenters. The van der Waals surface area contributed by atoms with Crippen molar-refractivity contribution in [1.82, 2.24) is 9.80 Å². The standard InChI is InChI=1S/C28H26N2O4/c1-33-23-13-12-22-18-24(28(32)34-25(22)19-23)27(31)30-16-14-29(15-17-30)26(20-8-4-2-5-9-20)21-10-6-3-7-11-21/h2-13,18-19,26H,14-17H2,1H3. The van der Waals surface area contributed by atoms with Crippen LogP contribution in [0.3, 0.4) is 0 Å². The van der Waals surface area contributed by atoms with Crippen LogP contribution >= 0.6 is 0 Å². The third-order valence-corrected chi connectivity index (χ3v) is 6.37. The fraction of sp³-hybridized carbons (Fsp3) is 0.214. The minimum absolute atomic E-state index is 0.0637. The summed E-state index contributed by atoms with van der Waals surface area (Å²) in [6.45, 7) is 2.48. The maximum Gasteiger partial charge on any atom is 0.349 e. The van der Waals surface area contributed by atoms with Crippen LogP contribution < -0.4 is 10.4 Å². The Bertz CT molecular complexity index is 1300. The molecule has 6 nitrogen and oxygen atoms in total. The van der Waals surface area contributed by atoms with Gasteiger partial charge in [-0.25, -0.2) is 4.79 Å². The van der Waals surface area contributed by atoms with E-state index in [2.05, 4.69) is 53.4 Å². The summed E-state index contributed by atoms with van der Waals surface area (Å²) in [6.07, 6.45) is 0. The predicted octanol–water partition coefficient (Wildman–Crippen LogP) is 4.35. The van der Waals surface area contributed by atoms with E-state index in [1.165, 1.54) is 11.1 Å². The zero-order chi connectivity index (χ0) is 23.5. The molecule has 6 heteroatoms. The van der Waals surface area contributed by atoms with E-state index < -0.39 is 5.63 Å². The number of nitrogens with zero attached hydrogens (tertiary/aromatic N) is 2. The maximum absolute atomic E-state index is 13.2. The van der Waals surface area contributed by atoms with Crippen molar-refractivity contribution in [3.05, 3.63) is 112 Å². The van der Waals surface area contributed by atoms with Gasteiger partial charge >= 0.3 is 5.63 Å². The Kier molecular flexibility index (Phi) is 6.14. The van der Waals surface area contributed by atoms with Crippen LogP contribution in [0.25, 0.3) is 11.0 Å². The van der Waals surface area contributed by atoms with Gasteiger partial charge in [-0.15, -0.1) is 0 Å². The molecule has 4 aromatic rings. The highest BCUT2D eigenvalue weighted by atomic mass is 16.5. The highest BCUT2D eigenvalue weighted by Gasteiger charge is 2.29. The molecule has 0 bridgehead atoms. The van der Waals surface area contributed by atoms with Crippen molar-refractivity contribution < 1.29 is 13.9 Å². The molecule has 1 fully saturated rings. The summed E-state index contributed by atoms with van der Waals surface area (Å²) in [6, 6.07) is 27.8. The highest BCUT2D eigenvalue weighted by Crippen LogP contribution is 2.29. The molecule has 1 aliphatic heterocycles. The van der Waals surface area contributed by atoms with Gasteiger partial charge in [0.1, 0.15) is 16.9 Å². The first kappa shape index (κ1) is 21.9. The van der Waals surface area contributed by atoms with Crippen LogP contribution in [0.4, 0.5) is 0 Å². The lowest BCUT2D eigenvalue weighted by atomic mass is 9.96. The van der Waals surface area contributed by atoms with E-state index in [-0.39, 0.29) is 17.5 Å². The van der Waals surface area contributed by atoms with Crippen molar-refractivity contribution in [2.45, 2.75) is 6.04 Å². The van der Waals surface area contributed by atoms with E-state index in [1.54, 1.807) is 36.3 Å². The Morgan fingerprint density at radius 3 is 2.06 bits per heavy atom. The first-order valence-corrected chi connectivity index (χ1v) is 11.4. The van der Waals surface area contributed by atoms with Crippen LogP contribution in [-0.2, 0) is 0 Å². The number of rotatable bonds is 5. The molecule has 1 saturated heterocycles. The van der Waals surface area contributed by atoms with Gasteiger partial charge in [-0.2, -0.15) is 0 Å². The Balaban J connectivity index is 1.36. The maximum atomic E-state index is 13.2. The molecule has 34 heavy (non-hydrogen) atoms. The fourth-order valence-electron chi connectivity index (χ4n) is 4.61. The summed E-state index contributed by atoms with van der Waals surface area (Å²) in [5.41, 5.74) is 2.28. The third-order valence-electron chi connectivity index (χ3n) is 6.37. The van der Waals surface area contributed by atoms with E-state index in [1.807, 2.05) is 12.1 Å². The number of benzene rings is 3. The molecule has 1 aromatic heterocycles. The van der Waals surface area contributed by atoms with Crippen molar-refractivity contribution in [3.8, 4) is 5.75 Å². The molecule has 172 valence electrons. The minimum atomic E-state index is -0.625. The number of fused-ring (bicyclic) bond motifs is 1. The van der Waals surface area contributed by atoms with E-state index in [0.717, 1.165) is 0 Å². The molecular weight excluding hydrogens is 428 g/mol. The second-order valence-electron chi connectivity index (χ2n) is 8.40. The van der Waals surface area contributed by atoms with Gasteiger partial charge in [0.2, 0.25) is 0 Å². The number of carbonyl (C=O) groups is 1. The molecule has 0 aliphatic carbocycles. The average Bonchev–Trinajstić information content (AvgIpc) is 2.89. The van der Waals surface area contributed by atoms with E-state index in [9.17, 15) is 9.59 Å². The van der Waals surface area contributed by atoms with Gasteiger partial charge in [-0.05, 0) is 29.3 Å². The Hall–Kier alpha value is -3.90. The van der Waals surface area contributed by atoms with Gasteiger partial charge in [0, 0.05) is 37.6 Å². The monoisotopic (exact) mass is 454 g/mol. The zero-order valence-corrected chi connectivity index (χ0v) is 19.0. The van der Waals surface area contributed by atoms with Crippen molar-refractivity contribution >= 4 is 16.9 Å². The van der Waals surface area contributed by atoms with E-state index >= 15 is 0 Å². The molecule has 1 amide bonds. The predicted molar refractivity (Wildman–Crippen MR) is 131 cm³/mol. The van der Waals surface area contributed by atoms with Gasteiger partial charge in [0.25, 0.3) is 5.91 Å². The SMILES string of the molecule is COc1ccc2cc(C(=O)N3CCN(C(c4ccccc4)c4ccccc4)CC3)c(=O)oc2c1. The second-order valence-corrected chi connectivity index (χ2v) is 8.40. The average molecular weight is 455 g/mol. The quantitative estimate of drug-likeness (QED) is 0.420. The van der Waals surface area contributed by atoms with Crippen LogP contribution in [0, 0.1) is 0 Å². The van der Waals surface area contributed by atoms with E-state index in [0.29, 0.717) is 42.9 Å². The lowest BCUT2D eigenvalue weighted by Crippen LogP contribution is -2.50. The first-order valence-electron chi connectivity index (χ1n) is 11.4. The summed E-state index contributed by atoms with van der Waals surface area (Å²) in [5, 5.41) is 0.690. The zero-order valence-electron chi connectivity index (χ0n) is 19.0. The smallest absolute Gasteiger partial charge is 0.349 e.